The maximum absolute atomic E-state index is 14.1. The van der Waals surface area contributed by atoms with Crippen LogP contribution in [-0.4, -0.2) is 37.9 Å². The Morgan fingerprint density at radius 2 is 2.14 bits per heavy atom. The van der Waals surface area contributed by atoms with Gasteiger partial charge in [-0.25, -0.2) is 13.6 Å². The van der Waals surface area contributed by atoms with E-state index in [2.05, 4.69) is 0 Å². The minimum Gasteiger partial charge on any atom is -0.478 e. The number of hydrogen-bond acceptors (Lipinski definition) is 3. The topological polar surface area (TPSA) is 49.8 Å². The minimum absolute atomic E-state index is 0.0546. The molecule has 0 aromatic heterocycles. The average molecular weight is 297 g/mol. The smallest absolute Gasteiger partial charge is 0.328 e. The van der Waals surface area contributed by atoms with Gasteiger partial charge in [-0.15, -0.1) is 0 Å². The molecule has 6 heteroatoms. The highest BCUT2D eigenvalue weighted by Crippen LogP contribution is 2.30. The summed E-state index contributed by atoms with van der Waals surface area (Å²) in [4.78, 5) is 12.1. The molecule has 0 radical (unpaired) electrons. The number of halogens is 2. The Morgan fingerprint density at radius 3 is 2.71 bits per heavy atom. The number of ether oxygens (including phenoxy) is 1. The van der Waals surface area contributed by atoms with E-state index >= 15 is 0 Å². The Hall–Kier alpha value is -1.95. The van der Waals surface area contributed by atoms with E-state index in [4.69, 9.17) is 9.84 Å². The van der Waals surface area contributed by atoms with E-state index < -0.39 is 17.6 Å². The summed E-state index contributed by atoms with van der Waals surface area (Å²) >= 11 is 0. The Balaban J connectivity index is 2.20. The summed E-state index contributed by atoms with van der Waals surface area (Å²) in [7, 11) is 1.60. The average Bonchev–Trinajstić information content (AvgIpc) is 2.84. The normalized spacial score (nSPS) is 18.6. The van der Waals surface area contributed by atoms with Crippen molar-refractivity contribution < 1.29 is 23.4 Å². The highest BCUT2D eigenvalue weighted by atomic mass is 19.1. The van der Waals surface area contributed by atoms with Gasteiger partial charge in [-0.2, -0.15) is 0 Å². The summed E-state index contributed by atoms with van der Waals surface area (Å²) in [6, 6.07) is 2.28. The first kappa shape index (κ1) is 15.4. The summed E-state index contributed by atoms with van der Waals surface area (Å²) in [6.07, 6.45) is 2.84. The van der Waals surface area contributed by atoms with Crippen LogP contribution in [-0.2, 0) is 9.53 Å². The third kappa shape index (κ3) is 3.78. The second kappa shape index (κ2) is 6.67. The molecule has 0 bridgehead atoms. The number of benzene rings is 1. The highest BCUT2D eigenvalue weighted by Gasteiger charge is 2.26. The first-order valence-electron chi connectivity index (χ1n) is 6.65. The Morgan fingerprint density at radius 1 is 1.48 bits per heavy atom. The van der Waals surface area contributed by atoms with Crippen molar-refractivity contribution in [1.82, 2.24) is 0 Å². The maximum atomic E-state index is 14.1. The van der Waals surface area contributed by atoms with E-state index in [1.54, 1.807) is 12.0 Å². The fourth-order valence-corrected chi connectivity index (χ4v) is 2.56. The molecule has 1 saturated heterocycles. The van der Waals surface area contributed by atoms with E-state index in [1.165, 1.54) is 0 Å². The van der Waals surface area contributed by atoms with Crippen molar-refractivity contribution in [2.75, 3.05) is 31.7 Å². The predicted molar refractivity (Wildman–Crippen MR) is 75.2 cm³/mol. The van der Waals surface area contributed by atoms with Crippen LogP contribution in [0.5, 0.6) is 0 Å². The quantitative estimate of drug-likeness (QED) is 0.849. The Kier molecular flexibility index (Phi) is 4.90. The number of carbonyl (C=O) groups is 1. The summed E-state index contributed by atoms with van der Waals surface area (Å²) in [5.74, 6) is -2.27. The van der Waals surface area contributed by atoms with Crippen LogP contribution in [0.15, 0.2) is 18.2 Å². The van der Waals surface area contributed by atoms with Gasteiger partial charge in [0.25, 0.3) is 0 Å². The number of carboxylic acid groups (broad SMARTS) is 1. The molecule has 1 fully saturated rings. The minimum atomic E-state index is -1.16. The van der Waals surface area contributed by atoms with E-state index in [0.29, 0.717) is 19.7 Å². The third-order valence-corrected chi connectivity index (χ3v) is 3.46. The van der Waals surface area contributed by atoms with Gasteiger partial charge >= 0.3 is 5.97 Å². The number of aliphatic carboxylic acids is 1. The lowest BCUT2D eigenvalue weighted by Gasteiger charge is -2.20. The molecule has 1 heterocycles. The van der Waals surface area contributed by atoms with Crippen LogP contribution >= 0.6 is 0 Å². The number of hydrogen-bond donors (Lipinski definition) is 1. The van der Waals surface area contributed by atoms with Crippen LogP contribution in [0.4, 0.5) is 14.5 Å². The summed E-state index contributed by atoms with van der Waals surface area (Å²) in [5.41, 5.74) is 0.130. The van der Waals surface area contributed by atoms with E-state index in [1.807, 2.05) is 0 Å². The third-order valence-electron chi connectivity index (χ3n) is 3.46. The molecule has 0 amide bonds. The zero-order valence-electron chi connectivity index (χ0n) is 11.7. The van der Waals surface area contributed by atoms with Gasteiger partial charge < -0.3 is 14.7 Å². The highest BCUT2D eigenvalue weighted by molar-refractivity contribution is 5.85. The lowest BCUT2D eigenvalue weighted by atomic mass is 10.1. The number of rotatable bonds is 5. The molecule has 1 aliphatic heterocycles. The maximum Gasteiger partial charge on any atom is 0.328 e. The second-order valence-electron chi connectivity index (χ2n) is 5.06. The molecule has 1 unspecified atom stereocenters. The molecule has 0 aliphatic carbocycles. The molecule has 114 valence electrons. The van der Waals surface area contributed by atoms with Crippen LogP contribution in [0.2, 0.25) is 0 Å². The molecule has 1 aromatic rings. The molecule has 1 atom stereocenters. The molecular formula is C15H17F2NO3. The van der Waals surface area contributed by atoms with Gasteiger partial charge in [-0.3, -0.25) is 0 Å². The van der Waals surface area contributed by atoms with Crippen molar-refractivity contribution in [1.29, 1.82) is 0 Å². The van der Waals surface area contributed by atoms with Crippen LogP contribution in [0.1, 0.15) is 12.0 Å². The molecule has 0 spiro atoms. The molecule has 0 saturated carbocycles. The lowest BCUT2D eigenvalue weighted by Crippen LogP contribution is -2.23. The zero-order valence-corrected chi connectivity index (χ0v) is 11.7. The first-order valence-corrected chi connectivity index (χ1v) is 6.65. The van der Waals surface area contributed by atoms with Crippen molar-refractivity contribution in [2.24, 2.45) is 5.92 Å². The van der Waals surface area contributed by atoms with Crippen LogP contribution in [0.3, 0.4) is 0 Å². The Labute approximate surface area is 121 Å². The van der Waals surface area contributed by atoms with Gasteiger partial charge in [0.1, 0.15) is 17.3 Å². The van der Waals surface area contributed by atoms with Crippen molar-refractivity contribution in [3.8, 4) is 0 Å². The lowest BCUT2D eigenvalue weighted by molar-refractivity contribution is -0.131. The van der Waals surface area contributed by atoms with E-state index in [9.17, 15) is 13.6 Å². The van der Waals surface area contributed by atoms with E-state index in [0.717, 1.165) is 30.7 Å². The van der Waals surface area contributed by atoms with Gasteiger partial charge in [-0.1, -0.05) is 0 Å². The summed E-state index contributed by atoms with van der Waals surface area (Å²) < 4.78 is 33.3. The molecule has 21 heavy (non-hydrogen) atoms. The second-order valence-corrected chi connectivity index (χ2v) is 5.06. The first-order chi connectivity index (χ1) is 10.0. The molecule has 2 rings (SSSR count). The molecule has 4 nitrogen and oxygen atoms in total. The van der Waals surface area contributed by atoms with Crippen LogP contribution in [0, 0.1) is 17.6 Å². The fourth-order valence-electron chi connectivity index (χ4n) is 2.56. The van der Waals surface area contributed by atoms with Crippen LogP contribution in [0.25, 0.3) is 6.08 Å². The molecule has 1 aromatic carbocycles. The monoisotopic (exact) mass is 297 g/mol. The molecule has 1 aliphatic rings. The Bertz CT molecular complexity index is 537. The van der Waals surface area contributed by atoms with Crippen molar-refractivity contribution >= 4 is 17.7 Å². The SMILES string of the molecule is COCC1CCN(c2c(F)cc(C=CC(=O)O)cc2F)C1. The number of methoxy groups -OCH3 is 1. The van der Waals surface area contributed by atoms with Crippen molar-refractivity contribution in [3.63, 3.8) is 0 Å². The predicted octanol–water partition coefficient (Wildman–Crippen LogP) is 2.54. The number of anilines is 1. The molecular weight excluding hydrogens is 280 g/mol. The summed E-state index contributed by atoms with van der Waals surface area (Å²) in [6.45, 7) is 1.69. The van der Waals surface area contributed by atoms with Gasteiger partial charge in [0, 0.05) is 32.2 Å². The van der Waals surface area contributed by atoms with Crippen LogP contribution < -0.4 is 4.90 Å². The van der Waals surface area contributed by atoms with Gasteiger partial charge in [0.05, 0.1) is 6.61 Å². The number of nitrogens with zero attached hydrogens (tertiary/aromatic N) is 1. The van der Waals surface area contributed by atoms with E-state index in [-0.39, 0.29) is 17.2 Å². The van der Waals surface area contributed by atoms with Crippen molar-refractivity contribution in [2.45, 2.75) is 6.42 Å². The summed E-state index contributed by atoms with van der Waals surface area (Å²) in [5, 5.41) is 8.53. The number of carboxylic acids is 1. The standard InChI is InChI=1S/C15H17F2NO3/c1-21-9-11-4-5-18(8-11)15-12(16)6-10(7-13(15)17)2-3-14(19)20/h2-3,6-7,11H,4-5,8-9H2,1H3,(H,19,20). The molecule has 1 N–H and O–H groups in total. The van der Waals surface area contributed by atoms with Crippen molar-refractivity contribution in [3.05, 3.63) is 35.4 Å². The largest absolute Gasteiger partial charge is 0.478 e. The van der Waals surface area contributed by atoms with Gasteiger partial charge in [0.15, 0.2) is 0 Å². The van der Waals surface area contributed by atoms with Gasteiger partial charge in [0.2, 0.25) is 0 Å². The van der Waals surface area contributed by atoms with Gasteiger partial charge in [-0.05, 0) is 30.2 Å². The fraction of sp³-hybridized carbons (Fsp3) is 0.400. The zero-order chi connectivity index (χ0) is 15.4.